The summed E-state index contributed by atoms with van der Waals surface area (Å²) in [7, 11) is 0. The van der Waals surface area contributed by atoms with Crippen LogP contribution in [0.15, 0.2) is 52.9 Å². The average Bonchev–Trinajstić information content (AvgIpc) is 3.08. The number of aryl methyl sites for hydroxylation is 1. The van der Waals surface area contributed by atoms with Crippen LogP contribution in [-0.2, 0) is 16.0 Å². The number of fused-ring (bicyclic) bond motifs is 2. The maximum absolute atomic E-state index is 12.8. The van der Waals surface area contributed by atoms with Gasteiger partial charge in [-0.25, -0.2) is 4.98 Å². The molecule has 4 rings (SSSR count). The van der Waals surface area contributed by atoms with E-state index in [-0.39, 0.29) is 18.3 Å². The van der Waals surface area contributed by atoms with Crippen LogP contribution in [0.2, 0.25) is 0 Å². The first-order valence-electron chi connectivity index (χ1n) is 8.33. The number of oxazole rings is 1. The quantitative estimate of drug-likeness (QED) is 0.725. The van der Waals surface area contributed by atoms with Gasteiger partial charge in [0.1, 0.15) is 5.52 Å². The molecule has 2 heterocycles. The number of aromatic nitrogens is 1. The van der Waals surface area contributed by atoms with Gasteiger partial charge in [-0.3, -0.25) is 9.59 Å². The van der Waals surface area contributed by atoms with Crippen LogP contribution in [0.4, 0.5) is 5.69 Å². The van der Waals surface area contributed by atoms with Gasteiger partial charge in [-0.15, -0.1) is 0 Å². The number of Topliss-reactive ketones (excluding diaryl/α,β-unsaturated/α-hetero) is 1. The van der Waals surface area contributed by atoms with E-state index in [0.717, 1.165) is 11.3 Å². The summed E-state index contributed by atoms with van der Waals surface area (Å²) >= 11 is 0. The second kappa shape index (κ2) is 6.45. The minimum atomic E-state index is -1.15. The minimum absolute atomic E-state index is 0.0662. The van der Waals surface area contributed by atoms with Gasteiger partial charge in [0.25, 0.3) is 0 Å². The third kappa shape index (κ3) is 2.74. The molecule has 1 aliphatic rings. The lowest BCUT2D eigenvalue weighted by molar-refractivity contribution is -0.123. The summed E-state index contributed by atoms with van der Waals surface area (Å²) in [6.07, 6.45) is 1.01. The predicted octanol–water partition coefficient (Wildman–Crippen LogP) is 2.98. The van der Waals surface area contributed by atoms with Crippen molar-refractivity contribution in [2.24, 2.45) is 0 Å². The molecule has 3 aromatic rings. The van der Waals surface area contributed by atoms with Crippen molar-refractivity contribution in [3.8, 4) is 6.07 Å². The number of carbonyl (C=O) groups is 2. The summed E-state index contributed by atoms with van der Waals surface area (Å²) in [4.78, 5) is 30.8. The van der Waals surface area contributed by atoms with E-state index in [0.29, 0.717) is 23.9 Å². The van der Waals surface area contributed by atoms with Crippen molar-refractivity contribution in [2.45, 2.75) is 18.8 Å². The maximum Gasteiger partial charge on any atom is 0.227 e. The van der Waals surface area contributed by atoms with Crippen LogP contribution in [-0.4, -0.2) is 23.2 Å². The van der Waals surface area contributed by atoms with E-state index < -0.39 is 11.7 Å². The molecule has 6 nitrogen and oxygen atoms in total. The molecule has 0 radical (unpaired) electrons. The van der Waals surface area contributed by atoms with Crippen LogP contribution >= 0.6 is 0 Å². The lowest BCUT2D eigenvalue weighted by Crippen LogP contribution is -2.40. The van der Waals surface area contributed by atoms with Gasteiger partial charge < -0.3 is 9.32 Å². The number of anilines is 1. The Morgan fingerprint density at radius 2 is 1.96 bits per heavy atom. The summed E-state index contributed by atoms with van der Waals surface area (Å²) in [5.41, 5.74) is 2.87. The SMILES string of the molecule is N#C[C@@H](C(=O)CN1C(=O)CCc2ccccc21)c1nc2ccccc2o1. The summed E-state index contributed by atoms with van der Waals surface area (Å²) in [6.45, 7) is -0.174. The molecule has 1 amide bonds. The molecule has 0 bridgehead atoms. The molecule has 0 unspecified atom stereocenters. The number of nitriles is 1. The third-order valence-electron chi connectivity index (χ3n) is 4.51. The Bertz CT molecular complexity index is 1010. The molecule has 128 valence electrons. The Kier molecular flexibility index (Phi) is 3.98. The first kappa shape index (κ1) is 16.0. The normalized spacial score (nSPS) is 14.7. The highest BCUT2D eigenvalue weighted by Gasteiger charge is 2.31. The van der Waals surface area contributed by atoms with Gasteiger partial charge in [0, 0.05) is 12.1 Å². The highest BCUT2D eigenvalue weighted by molar-refractivity contribution is 6.03. The fourth-order valence-electron chi connectivity index (χ4n) is 3.20. The van der Waals surface area contributed by atoms with Crippen LogP contribution in [0.5, 0.6) is 0 Å². The summed E-state index contributed by atoms with van der Waals surface area (Å²) < 4.78 is 5.57. The largest absolute Gasteiger partial charge is 0.439 e. The number of benzene rings is 2. The van der Waals surface area contributed by atoms with Crippen LogP contribution in [0, 0.1) is 11.3 Å². The molecule has 2 aromatic carbocycles. The van der Waals surface area contributed by atoms with Crippen molar-refractivity contribution >= 4 is 28.5 Å². The van der Waals surface area contributed by atoms with Gasteiger partial charge in [0.15, 0.2) is 17.3 Å². The Hall–Kier alpha value is -3.46. The number of ketones is 1. The van der Waals surface area contributed by atoms with Gasteiger partial charge in [-0.2, -0.15) is 5.26 Å². The molecule has 0 N–H and O–H groups in total. The molecule has 0 saturated heterocycles. The molecule has 0 aliphatic carbocycles. The number of rotatable bonds is 4. The molecule has 1 aromatic heterocycles. The highest BCUT2D eigenvalue weighted by atomic mass is 16.3. The Morgan fingerprint density at radius 3 is 2.77 bits per heavy atom. The number of carbonyl (C=O) groups excluding carboxylic acids is 2. The van der Waals surface area contributed by atoms with Gasteiger partial charge in [-0.1, -0.05) is 30.3 Å². The van der Waals surface area contributed by atoms with E-state index in [1.165, 1.54) is 4.90 Å². The Labute approximate surface area is 149 Å². The second-order valence-electron chi connectivity index (χ2n) is 6.16. The van der Waals surface area contributed by atoms with Crippen LogP contribution in [0.25, 0.3) is 11.1 Å². The molecule has 6 heteroatoms. The molecule has 26 heavy (non-hydrogen) atoms. The monoisotopic (exact) mass is 345 g/mol. The molecule has 0 spiro atoms. The third-order valence-corrected chi connectivity index (χ3v) is 4.51. The topological polar surface area (TPSA) is 87.2 Å². The minimum Gasteiger partial charge on any atom is -0.439 e. The number of para-hydroxylation sites is 3. The van der Waals surface area contributed by atoms with Gasteiger partial charge in [-0.05, 0) is 30.2 Å². The van der Waals surface area contributed by atoms with Gasteiger partial charge in [0.2, 0.25) is 11.8 Å². The van der Waals surface area contributed by atoms with E-state index in [9.17, 15) is 14.9 Å². The summed E-state index contributed by atoms with van der Waals surface area (Å²) in [5, 5.41) is 9.49. The molecule has 0 fully saturated rings. The zero-order chi connectivity index (χ0) is 18.1. The summed E-state index contributed by atoms with van der Waals surface area (Å²) in [5.74, 6) is -1.61. The van der Waals surface area contributed by atoms with E-state index in [4.69, 9.17) is 4.42 Å². The van der Waals surface area contributed by atoms with Gasteiger partial charge in [0.05, 0.1) is 12.6 Å². The lowest BCUT2D eigenvalue weighted by atomic mass is 9.99. The smallest absolute Gasteiger partial charge is 0.227 e. The fourth-order valence-corrected chi connectivity index (χ4v) is 3.20. The van der Waals surface area contributed by atoms with E-state index >= 15 is 0 Å². The van der Waals surface area contributed by atoms with Crippen molar-refractivity contribution in [2.75, 3.05) is 11.4 Å². The predicted molar refractivity (Wildman–Crippen MR) is 94.5 cm³/mol. The van der Waals surface area contributed by atoms with Crippen molar-refractivity contribution < 1.29 is 14.0 Å². The van der Waals surface area contributed by atoms with E-state index in [2.05, 4.69) is 4.98 Å². The maximum atomic E-state index is 12.8. The van der Waals surface area contributed by atoms with Crippen molar-refractivity contribution in [1.29, 1.82) is 5.26 Å². The highest BCUT2D eigenvalue weighted by Crippen LogP contribution is 2.29. The molecule has 1 atom stereocenters. The number of nitrogens with zero attached hydrogens (tertiary/aromatic N) is 3. The zero-order valence-electron chi connectivity index (χ0n) is 13.9. The fraction of sp³-hybridized carbons (Fsp3) is 0.200. The Morgan fingerprint density at radius 1 is 1.19 bits per heavy atom. The van der Waals surface area contributed by atoms with Crippen molar-refractivity contribution in [1.82, 2.24) is 4.98 Å². The van der Waals surface area contributed by atoms with Crippen LogP contribution in [0.1, 0.15) is 23.8 Å². The number of hydrogen-bond donors (Lipinski definition) is 0. The number of hydrogen-bond acceptors (Lipinski definition) is 5. The standard InChI is InChI=1S/C20H15N3O3/c21-11-14(20-22-15-6-2-4-8-18(15)26-20)17(24)12-23-16-7-3-1-5-13(16)9-10-19(23)25/h1-8,14H,9-10,12H2/t14-/m0/s1. The molecule has 1 aliphatic heterocycles. The lowest BCUT2D eigenvalue weighted by Gasteiger charge is -2.29. The first-order chi connectivity index (χ1) is 12.7. The Balaban J connectivity index is 1.62. The number of amides is 1. The molecular weight excluding hydrogens is 330 g/mol. The zero-order valence-corrected chi connectivity index (χ0v) is 13.9. The van der Waals surface area contributed by atoms with Crippen LogP contribution < -0.4 is 4.90 Å². The van der Waals surface area contributed by atoms with Crippen molar-refractivity contribution in [3.05, 3.63) is 60.0 Å². The summed E-state index contributed by atoms with van der Waals surface area (Å²) in [6, 6.07) is 16.6. The van der Waals surface area contributed by atoms with Crippen molar-refractivity contribution in [3.63, 3.8) is 0 Å². The first-order valence-corrected chi connectivity index (χ1v) is 8.33. The average molecular weight is 345 g/mol. The van der Waals surface area contributed by atoms with E-state index in [1.807, 2.05) is 30.3 Å². The van der Waals surface area contributed by atoms with Gasteiger partial charge >= 0.3 is 0 Å². The molecular formula is C20H15N3O3. The van der Waals surface area contributed by atoms with E-state index in [1.54, 1.807) is 24.3 Å². The second-order valence-corrected chi connectivity index (χ2v) is 6.16. The van der Waals surface area contributed by atoms with Crippen LogP contribution in [0.3, 0.4) is 0 Å². The molecule has 0 saturated carbocycles.